The van der Waals surface area contributed by atoms with E-state index in [1.165, 1.54) is 0 Å². The molecule has 1 aromatic heterocycles. The molecule has 0 atom stereocenters. The summed E-state index contributed by atoms with van der Waals surface area (Å²) in [5, 5.41) is 8.96. The fourth-order valence-corrected chi connectivity index (χ4v) is 2.22. The van der Waals surface area contributed by atoms with Crippen molar-refractivity contribution in [1.82, 2.24) is 14.8 Å². The molecule has 0 bridgehead atoms. The van der Waals surface area contributed by atoms with Crippen molar-refractivity contribution in [1.29, 1.82) is 0 Å². The van der Waals surface area contributed by atoms with Crippen LogP contribution in [-0.2, 0) is 17.8 Å². The highest BCUT2D eigenvalue weighted by molar-refractivity contribution is 6.33. The smallest absolute Gasteiger partial charge is 0.165 e. The van der Waals surface area contributed by atoms with Crippen molar-refractivity contribution in [3.63, 3.8) is 0 Å². The summed E-state index contributed by atoms with van der Waals surface area (Å²) in [6.07, 6.45) is 0. The van der Waals surface area contributed by atoms with E-state index < -0.39 is 0 Å². The zero-order valence-corrected chi connectivity index (χ0v) is 11.8. The number of nitrogens with zero attached hydrogens (tertiary/aromatic N) is 3. The number of halogens is 1. The fraction of sp³-hybridized carbons (Fsp3) is 0.385. The second kappa shape index (κ2) is 6.14. The van der Waals surface area contributed by atoms with Crippen LogP contribution in [-0.4, -0.2) is 28.5 Å². The number of aryl methyl sites for hydroxylation is 1. The lowest BCUT2D eigenvalue weighted by atomic mass is 10.1. The molecule has 0 fully saturated rings. The van der Waals surface area contributed by atoms with E-state index in [1.54, 1.807) is 7.11 Å². The second-order valence-electron chi connectivity index (χ2n) is 4.27. The van der Waals surface area contributed by atoms with Crippen molar-refractivity contribution in [2.75, 3.05) is 13.7 Å². The maximum Gasteiger partial charge on any atom is 0.165 e. The Morgan fingerprint density at radius 2 is 2.16 bits per heavy atom. The largest absolute Gasteiger partial charge is 0.383 e. The second-order valence-corrected chi connectivity index (χ2v) is 4.68. The summed E-state index contributed by atoms with van der Waals surface area (Å²) < 4.78 is 7.05. The van der Waals surface area contributed by atoms with Crippen molar-refractivity contribution in [2.24, 2.45) is 5.73 Å². The Bertz CT molecular complexity index is 568. The Morgan fingerprint density at radius 1 is 1.37 bits per heavy atom. The number of rotatable bonds is 5. The van der Waals surface area contributed by atoms with Gasteiger partial charge in [0.25, 0.3) is 0 Å². The highest BCUT2D eigenvalue weighted by Crippen LogP contribution is 2.27. The molecule has 0 amide bonds. The lowest BCUT2D eigenvalue weighted by Crippen LogP contribution is -2.12. The van der Waals surface area contributed by atoms with Crippen LogP contribution >= 0.6 is 11.6 Å². The molecule has 6 heteroatoms. The first kappa shape index (κ1) is 14.0. The van der Waals surface area contributed by atoms with Gasteiger partial charge in [0.05, 0.1) is 18.2 Å². The number of methoxy groups -OCH3 is 1. The third kappa shape index (κ3) is 2.94. The fourth-order valence-electron chi connectivity index (χ4n) is 1.90. The van der Waals surface area contributed by atoms with Crippen molar-refractivity contribution < 1.29 is 4.74 Å². The molecule has 0 aliphatic carbocycles. The van der Waals surface area contributed by atoms with Gasteiger partial charge in [-0.25, -0.2) is 0 Å². The molecule has 2 rings (SSSR count). The van der Waals surface area contributed by atoms with Gasteiger partial charge in [0, 0.05) is 19.2 Å². The molecule has 1 heterocycles. The Hall–Kier alpha value is -1.43. The molecule has 0 aliphatic rings. The summed E-state index contributed by atoms with van der Waals surface area (Å²) in [4.78, 5) is 0. The lowest BCUT2D eigenvalue weighted by molar-refractivity contribution is 0.186. The van der Waals surface area contributed by atoms with E-state index in [-0.39, 0.29) is 0 Å². The van der Waals surface area contributed by atoms with Crippen LogP contribution in [0.15, 0.2) is 18.2 Å². The van der Waals surface area contributed by atoms with E-state index in [1.807, 2.05) is 29.7 Å². The lowest BCUT2D eigenvalue weighted by Gasteiger charge is -2.10. The molecule has 19 heavy (non-hydrogen) atoms. The van der Waals surface area contributed by atoms with Gasteiger partial charge in [-0.2, -0.15) is 0 Å². The van der Waals surface area contributed by atoms with Crippen LogP contribution in [0.3, 0.4) is 0 Å². The quantitative estimate of drug-likeness (QED) is 0.910. The normalized spacial score (nSPS) is 10.9. The van der Waals surface area contributed by atoms with Crippen LogP contribution in [0.1, 0.15) is 11.4 Å². The number of aromatic nitrogens is 3. The molecular formula is C13H17ClN4O. The minimum Gasteiger partial charge on any atom is -0.383 e. The van der Waals surface area contributed by atoms with Gasteiger partial charge in [-0.15, -0.1) is 10.2 Å². The van der Waals surface area contributed by atoms with E-state index >= 15 is 0 Å². The summed E-state index contributed by atoms with van der Waals surface area (Å²) >= 11 is 6.28. The zero-order valence-electron chi connectivity index (χ0n) is 11.1. The van der Waals surface area contributed by atoms with Gasteiger partial charge in [-0.1, -0.05) is 17.7 Å². The van der Waals surface area contributed by atoms with Crippen LogP contribution in [0.25, 0.3) is 11.4 Å². The van der Waals surface area contributed by atoms with Crippen molar-refractivity contribution in [2.45, 2.75) is 20.0 Å². The van der Waals surface area contributed by atoms with Gasteiger partial charge in [-0.05, 0) is 24.6 Å². The summed E-state index contributed by atoms with van der Waals surface area (Å²) in [6, 6.07) is 5.86. The molecule has 5 nitrogen and oxygen atoms in total. The first-order chi connectivity index (χ1) is 9.17. The predicted molar refractivity (Wildman–Crippen MR) is 75.0 cm³/mol. The van der Waals surface area contributed by atoms with Gasteiger partial charge in [-0.3, -0.25) is 0 Å². The van der Waals surface area contributed by atoms with Crippen LogP contribution in [0.4, 0.5) is 0 Å². The van der Waals surface area contributed by atoms with Gasteiger partial charge >= 0.3 is 0 Å². The summed E-state index contributed by atoms with van der Waals surface area (Å²) in [5.41, 5.74) is 7.64. The standard InChI is InChI=1S/C13H17ClN4O/c1-9-3-4-10(11(14)7-9)13-17-16-12(8-15)18(13)5-6-19-2/h3-4,7H,5-6,8,15H2,1-2H3. The number of benzene rings is 1. The van der Waals surface area contributed by atoms with Crippen LogP contribution < -0.4 is 5.73 Å². The SMILES string of the molecule is COCCn1c(CN)nnc1-c1ccc(C)cc1Cl. The number of hydrogen-bond donors (Lipinski definition) is 1. The van der Waals surface area contributed by atoms with Crippen molar-refractivity contribution in [3.05, 3.63) is 34.6 Å². The number of ether oxygens (including phenoxy) is 1. The maximum absolute atomic E-state index is 6.28. The Labute approximate surface area is 117 Å². The summed E-state index contributed by atoms with van der Waals surface area (Å²) in [5.74, 6) is 1.45. The third-order valence-corrected chi connectivity index (χ3v) is 3.21. The average molecular weight is 281 g/mol. The topological polar surface area (TPSA) is 66.0 Å². The molecule has 0 radical (unpaired) electrons. The molecule has 0 aliphatic heterocycles. The monoisotopic (exact) mass is 280 g/mol. The molecule has 2 N–H and O–H groups in total. The van der Waals surface area contributed by atoms with Crippen LogP contribution in [0, 0.1) is 6.92 Å². The molecule has 2 aromatic rings. The molecule has 0 unspecified atom stereocenters. The van der Waals surface area contributed by atoms with E-state index in [4.69, 9.17) is 22.1 Å². The molecule has 1 aromatic carbocycles. The van der Waals surface area contributed by atoms with Gasteiger partial charge in [0.15, 0.2) is 5.82 Å². The first-order valence-electron chi connectivity index (χ1n) is 6.05. The van der Waals surface area contributed by atoms with Crippen LogP contribution in [0.5, 0.6) is 0 Å². The molecule has 0 saturated heterocycles. The van der Waals surface area contributed by atoms with Crippen molar-refractivity contribution in [3.8, 4) is 11.4 Å². The summed E-state index contributed by atoms with van der Waals surface area (Å²) in [6.45, 7) is 3.55. The van der Waals surface area contributed by atoms with E-state index in [0.29, 0.717) is 24.7 Å². The molecule has 0 saturated carbocycles. The molecule has 102 valence electrons. The Balaban J connectivity index is 2.46. The first-order valence-corrected chi connectivity index (χ1v) is 6.42. The minimum atomic E-state index is 0.334. The van der Waals surface area contributed by atoms with E-state index in [0.717, 1.165) is 22.8 Å². The number of nitrogens with two attached hydrogens (primary N) is 1. The highest BCUT2D eigenvalue weighted by atomic mass is 35.5. The van der Waals surface area contributed by atoms with Gasteiger partial charge in [0.1, 0.15) is 5.82 Å². The van der Waals surface area contributed by atoms with Crippen LogP contribution in [0.2, 0.25) is 5.02 Å². The highest BCUT2D eigenvalue weighted by Gasteiger charge is 2.15. The minimum absolute atomic E-state index is 0.334. The van der Waals surface area contributed by atoms with E-state index in [9.17, 15) is 0 Å². The van der Waals surface area contributed by atoms with Gasteiger partial charge < -0.3 is 15.0 Å². The zero-order chi connectivity index (χ0) is 13.8. The average Bonchev–Trinajstić information content (AvgIpc) is 2.79. The molecule has 0 spiro atoms. The third-order valence-electron chi connectivity index (χ3n) is 2.89. The summed E-state index contributed by atoms with van der Waals surface area (Å²) in [7, 11) is 1.66. The van der Waals surface area contributed by atoms with Crippen molar-refractivity contribution >= 4 is 11.6 Å². The van der Waals surface area contributed by atoms with Gasteiger partial charge in [0.2, 0.25) is 0 Å². The Morgan fingerprint density at radius 3 is 2.79 bits per heavy atom. The maximum atomic E-state index is 6.28. The Kier molecular flexibility index (Phi) is 4.52. The predicted octanol–water partition coefficient (Wildman–Crippen LogP) is 2.01. The number of hydrogen-bond acceptors (Lipinski definition) is 4. The van der Waals surface area contributed by atoms with E-state index in [2.05, 4.69) is 10.2 Å². The molecular weight excluding hydrogens is 264 g/mol.